The number of β-amino-alcohol motifs (C(OH)–C–C–N with tert-alkyl or cyclic N) is 1. The van der Waals surface area contributed by atoms with Crippen molar-refractivity contribution in [3.63, 3.8) is 0 Å². The van der Waals surface area contributed by atoms with Gasteiger partial charge in [0.1, 0.15) is 5.75 Å². The molecule has 1 atom stereocenters. The van der Waals surface area contributed by atoms with Crippen LogP contribution in [0.1, 0.15) is 30.5 Å². The van der Waals surface area contributed by atoms with E-state index in [1.807, 2.05) is 30.3 Å². The number of aliphatic hydroxyl groups is 2. The number of benzene rings is 2. The van der Waals surface area contributed by atoms with E-state index in [4.69, 9.17) is 4.74 Å². The first kappa shape index (κ1) is 16.2. The first-order valence-corrected chi connectivity index (χ1v) is 8.63. The number of hydrogen-bond donors (Lipinski definition) is 2. The summed E-state index contributed by atoms with van der Waals surface area (Å²) in [6.45, 7) is 4.93. The van der Waals surface area contributed by atoms with Crippen molar-refractivity contribution in [3.8, 4) is 5.75 Å². The van der Waals surface area contributed by atoms with Crippen molar-refractivity contribution in [1.29, 1.82) is 0 Å². The number of hydrogen-bond acceptors (Lipinski definition) is 4. The van der Waals surface area contributed by atoms with Gasteiger partial charge in [-0.25, -0.2) is 0 Å². The van der Waals surface area contributed by atoms with Gasteiger partial charge in [-0.15, -0.1) is 0 Å². The van der Waals surface area contributed by atoms with Crippen molar-refractivity contribution in [2.45, 2.75) is 31.6 Å². The highest BCUT2D eigenvalue weighted by Crippen LogP contribution is 2.54. The lowest BCUT2D eigenvalue weighted by Crippen LogP contribution is -2.60. The van der Waals surface area contributed by atoms with Crippen LogP contribution in [-0.4, -0.2) is 29.1 Å². The average Bonchev–Trinajstić information content (AvgIpc) is 2.81. The Morgan fingerprint density at radius 2 is 1.88 bits per heavy atom. The summed E-state index contributed by atoms with van der Waals surface area (Å²) >= 11 is 0. The van der Waals surface area contributed by atoms with Gasteiger partial charge in [0.2, 0.25) is 5.72 Å². The standard InChI is InChI=1S/C21H23NO3/c1-20(2)17-5-3-4-6-18(17)22(11-12-23)21(20)10-9-16-13-15(14-24)7-8-19(16)25-21/h3-10,13,23-24H,11-12,14H2,1-2H3. The number of ether oxygens (including phenoxy) is 1. The lowest BCUT2D eigenvalue weighted by molar-refractivity contribution is 0.0504. The molecular formula is C21H23NO3. The molecule has 4 heteroatoms. The fourth-order valence-corrected chi connectivity index (χ4v) is 4.14. The SMILES string of the molecule is CC1(C)c2ccccc2N(CCO)C12C=Cc1cc(CO)ccc1O2. The van der Waals surface area contributed by atoms with E-state index in [9.17, 15) is 10.2 Å². The van der Waals surface area contributed by atoms with Crippen molar-refractivity contribution in [3.05, 3.63) is 65.2 Å². The molecule has 130 valence electrons. The van der Waals surface area contributed by atoms with E-state index >= 15 is 0 Å². The third-order valence-corrected chi connectivity index (χ3v) is 5.50. The molecule has 4 rings (SSSR count). The summed E-state index contributed by atoms with van der Waals surface area (Å²) in [5.74, 6) is 0.795. The van der Waals surface area contributed by atoms with Crippen molar-refractivity contribution in [2.75, 3.05) is 18.1 Å². The molecule has 2 N–H and O–H groups in total. The number of anilines is 1. The van der Waals surface area contributed by atoms with Crippen LogP contribution in [0.2, 0.25) is 0 Å². The van der Waals surface area contributed by atoms with Crippen LogP contribution in [0.3, 0.4) is 0 Å². The lowest BCUT2D eigenvalue weighted by Gasteiger charge is -2.47. The Balaban J connectivity index is 1.86. The smallest absolute Gasteiger partial charge is 0.212 e. The van der Waals surface area contributed by atoms with Gasteiger partial charge in [0, 0.05) is 17.8 Å². The predicted molar refractivity (Wildman–Crippen MR) is 98.7 cm³/mol. The third-order valence-electron chi connectivity index (χ3n) is 5.50. The molecule has 2 aromatic rings. The third kappa shape index (κ3) is 2.14. The van der Waals surface area contributed by atoms with Crippen molar-refractivity contribution in [1.82, 2.24) is 0 Å². The maximum atomic E-state index is 9.65. The van der Waals surface area contributed by atoms with Gasteiger partial charge in [0.25, 0.3) is 0 Å². The van der Waals surface area contributed by atoms with Crippen LogP contribution in [0.4, 0.5) is 5.69 Å². The summed E-state index contributed by atoms with van der Waals surface area (Å²) in [7, 11) is 0. The van der Waals surface area contributed by atoms with Gasteiger partial charge in [0.15, 0.2) is 0 Å². The number of nitrogens with zero attached hydrogens (tertiary/aromatic N) is 1. The Morgan fingerprint density at radius 3 is 2.64 bits per heavy atom. The quantitative estimate of drug-likeness (QED) is 0.904. The fourth-order valence-electron chi connectivity index (χ4n) is 4.14. The fraction of sp³-hybridized carbons (Fsp3) is 0.333. The topological polar surface area (TPSA) is 52.9 Å². The van der Waals surface area contributed by atoms with E-state index < -0.39 is 5.72 Å². The van der Waals surface area contributed by atoms with E-state index in [1.54, 1.807) is 0 Å². The minimum atomic E-state index is -0.687. The minimum Gasteiger partial charge on any atom is -0.463 e. The molecule has 2 heterocycles. The van der Waals surface area contributed by atoms with Crippen LogP contribution in [0.15, 0.2) is 48.5 Å². The zero-order valence-electron chi connectivity index (χ0n) is 14.6. The summed E-state index contributed by atoms with van der Waals surface area (Å²) < 4.78 is 6.59. The molecule has 0 aromatic heterocycles. The van der Waals surface area contributed by atoms with Crippen molar-refractivity contribution < 1.29 is 14.9 Å². The maximum absolute atomic E-state index is 9.65. The zero-order chi connectivity index (χ0) is 17.7. The predicted octanol–water partition coefficient (Wildman–Crippen LogP) is 3.07. The Bertz CT molecular complexity index is 843. The van der Waals surface area contributed by atoms with Crippen LogP contribution in [0.25, 0.3) is 6.08 Å². The zero-order valence-corrected chi connectivity index (χ0v) is 14.6. The Hall–Kier alpha value is -2.30. The molecule has 25 heavy (non-hydrogen) atoms. The number of para-hydroxylation sites is 1. The number of fused-ring (bicyclic) bond motifs is 2. The van der Waals surface area contributed by atoms with Crippen LogP contribution in [0.5, 0.6) is 5.75 Å². The van der Waals surface area contributed by atoms with E-state index in [0.29, 0.717) is 6.54 Å². The molecule has 0 amide bonds. The van der Waals surface area contributed by atoms with Crippen LogP contribution >= 0.6 is 0 Å². The first-order chi connectivity index (χ1) is 12.0. The molecule has 0 aliphatic carbocycles. The second kappa shape index (κ2) is 5.61. The molecule has 2 aliphatic heterocycles. The largest absolute Gasteiger partial charge is 0.463 e. The molecule has 0 saturated carbocycles. The molecule has 2 aromatic carbocycles. The summed E-state index contributed by atoms with van der Waals surface area (Å²) in [5.41, 5.74) is 3.16. The number of rotatable bonds is 3. The molecule has 2 aliphatic rings. The second-order valence-electron chi connectivity index (χ2n) is 7.18. The van der Waals surface area contributed by atoms with Crippen LogP contribution in [-0.2, 0) is 12.0 Å². The molecule has 0 fully saturated rings. The first-order valence-electron chi connectivity index (χ1n) is 8.63. The van der Waals surface area contributed by atoms with Crippen LogP contribution < -0.4 is 9.64 Å². The molecule has 1 unspecified atom stereocenters. The second-order valence-corrected chi connectivity index (χ2v) is 7.18. The Kier molecular flexibility index (Phi) is 3.63. The summed E-state index contributed by atoms with van der Waals surface area (Å²) in [4.78, 5) is 2.15. The van der Waals surface area contributed by atoms with E-state index in [1.165, 1.54) is 5.56 Å². The molecule has 0 bridgehead atoms. The van der Waals surface area contributed by atoms with Gasteiger partial charge in [-0.2, -0.15) is 0 Å². The Morgan fingerprint density at radius 1 is 1.08 bits per heavy atom. The van der Waals surface area contributed by atoms with Gasteiger partial charge >= 0.3 is 0 Å². The van der Waals surface area contributed by atoms with Gasteiger partial charge in [-0.05, 0) is 55.3 Å². The van der Waals surface area contributed by atoms with Gasteiger partial charge in [-0.1, -0.05) is 24.3 Å². The number of aliphatic hydroxyl groups excluding tert-OH is 2. The maximum Gasteiger partial charge on any atom is 0.212 e. The minimum absolute atomic E-state index is 0.0137. The normalized spacial score (nSPS) is 22.6. The lowest BCUT2D eigenvalue weighted by atomic mass is 9.76. The van der Waals surface area contributed by atoms with Crippen LogP contribution in [0, 0.1) is 0 Å². The highest BCUT2D eigenvalue weighted by molar-refractivity contribution is 5.72. The monoisotopic (exact) mass is 337 g/mol. The summed E-state index contributed by atoms with van der Waals surface area (Å²) in [5, 5.41) is 19.0. The molecule has 4 nitrogen and oxygen atoms in total. The van der Waals surface area contributed by atoms with Gasteiger partial charge < -0.3 is 19.8 Å². The molecule has 1 spiro atoms. The Labute approximate surface area is 148 Å². The van der Waals surface area contributed by atoms with Crippen molar-refractivity contribution in [2.24, 2.45) is 0 Å². The highest BCUT2D eigenvalue weighted by atomic mass is 16.5. The van der Waals surface area contributed by atoms with Gasteiger partial charge in [-0.3, -0.25) is 0 Å². The molecule has 0 saturated heterocycles. The average molecular weight is 337 g/mol. The van der Waals surface area contributed by atoms with E-state index in [0.717, 1.165) is 22.6 Å². The summed E-state index contributed by atoms with van der Waals surface area (Å²) in [6.07, 6.45) is 4.15. The molecular weight excluding hydrogens is 314 g/mol. The van der Waals surface area contributed by atoms with Gasteiger partial charge in [0.05, 0.1) is 18.6 Å². The van der Waals surface area contributed by atoms with Crippen molar-refractivity contribution >= 4 is 11.8 Å². The summed E-state index contributed by atoms with van der Waals surface area (Å²) in [6, 6.07) is 14.0. The highest BCUT2D eigenvalue weighted by Gasteiger charge is 2.58. The molecule has 0 radical (unpaired) electrons. The van der Waals surface area contributed by atoms with E-state index in [-0.39, 0.29) is 18.6 Å². The van der Waals surface area contributed by atoms with E-state index in [2.05, 4.69) is 43.0 Å².